The first kappa shape index (κ1) is 26.4. The van der Waals surface area contributed by atoms with E-state index in [0.29, 0.717) is 18.1 Å². The molecule has 0 heterocycles. The van der Waals surface area contributed by atoms with E-state index in [0.717, 1.165) is 76.7 Å². The zero-order valence-electron chi connectivity index (χ0n) is 19.8. The van der Waals surface area contributed by atoms with Crippen molar-refractivity contribution in [3.05, 3.63) is 36.5 Å². The van der Waals surface area contributed by atoms with Gasteiger partial charge in [-0.05, 0) is 71.1 Å². The molecule has 0 unspecified atom stereocenters. The normalized spacial score (nSPS) is 14.5. The molecule has 0 aromatic rings. The van der Waals surface area contributed by atoms with Crippen LogP contribution in [0.3, 0.4) is 0 Å². The zero-order valence-corrected chi connectivity index (χ0v) is 19.8. The van der Waals surface area contributed by atoms with Crippen LogP contribution in [0.15, 0.2) is 36.5 Å². The highest BCUT2D eigenvalue weighted by Gasteiger charge is 2.23. The number of carbonyl (C=O) groups excluding carboxylic acids is 2. The summed E-state index contributed by atoms with van der Waals surface area (Å²) in [6.07, 6.45) is 26.0. The minimum atomic E-state index is 0.274. The number of unbranched alkanes of at least 4 members (excludes halogenated alkanes) is 3. The molecule has 30 heavy (non-hydrogen) atoms. The molecule has 0 atom stereocenters. The summed E-state index contributed by atoms with van der Waals surface area (Å²) in [6, 6.07) is 0.274. The fraction of sp³-hybridized carbons (Fsp3) is 0.704. The van der Waals surface area contributed by atoms with Gasteiger partial charge in [-0.3, -0.25) is 9.59 Å². The van der Waals surface area contributed by atoms with Gasteiger partial charge in [0.1, 0.15) is 5.78 Å². The lowest BCUT2D eigenvalue weighted by molar-refractivity contribution is -0.133. The molecule has 1 aliphatic rings. The van der Waals surface area contributed by atoms with E-state index in [1.54, 1.807) is 0 Å². The number of nitrogens with zero attached hydrogens (tertiary/aromatic N) is 1. The van der Waals surface area contributed by atoms with Crippen LogP contribution in [-0.2, 0) is 9.59 Å². The second kappa shape index (κ2) is 17.1. The van der Waals surface area contributed by atoms with Gasteiger partial charge in [-0.25, -0.2) is 0 Å². The molecule has 0 aromatic heterocycles. The lowest BCUT2D eigenvalue weighted by atomic mass is 10.1. The molecule has 0 N–H and O–H groups in total. The highest BCUT2D eigenvalue weighted by Crippen LogP contribution is 2.32. The number of carbonyl (C=O) groups is 2. The SMILES string of the molecule is CCCCCC(=O)N(CC/C=C\C/C=C\C/C=C\CCCC(=O)CC1CC1)C(C)C. The van der Waals surface area contributed by atoms with E-state index in [9.17, 15) is 9.59 Å². The van der Waals surface area contributed by atoms with Crippen molar-refractivity contribution in [3.8, 4) is 0 Å². The second-order valence-corrected chi connectivity index (χ2v) is 8.89. The molecule has 1 saturated carbocycles. The maximum Gasteiger partial charge on any atom is 0.222 e. The maximum atomic E-state index is 12.3. The Morgan fingerprint density at radius 1 is 0.867 bits per heavy atom. The Kier molecular flexibility index (Phi) is 15.0. The van der Waals surface area contributed by atoms with Gasteiger partial charge in [0, 0.05) is 31.8 Å². The average molecular weight is 416 g/mol. The number of Topliss-reactive ketones (excluding diaryl/α,β-unsaturated/α-hetero) is 1. The molecule has 170 valence electrons. The van der Waals surface area contributed by atoms with Crippen molar-refractivity contribution in [2.45, 2.75) is 110 Å². The summed E-state index contributed by atoms with van der Waals surface area (Å²) in [6.45, 7) is 7.18. The first-order valence-electron chi connectivity index (χ1n) is 12.3. The fourth-order valence-electron chi connectivity index (χ4n) is 3.50. The molecular weight excluding hydrogens is 370 g/mol. The van der Waals surface area contributed by atoms with Gasteiger partial charge >= 0.3 is 0 Å². The Morgan fingerprint density at radius 3 is 2.10 bits per heavy atom. The quantitative estimate of drug-likeness (QED) is 0.176. The Balaban J connectivity index is 2.04. The van der Waals surface area contributed by atoms with Crippen LogP contribution >= 0.6 is 0 Å². The van der Waals surface area contributed by atoms with Gasteiger partial charge < -0.3 is 4.90 Å². The molecule has 1 rings (SSSR count). The van der Waals surface area contributed by atoms with E-state index in [2.05, 4.69) is 57.2 Å². The maximum absolute atomic E-state index is 12.3. The minimum Gasteiger partial charge on any atom is -0.340 e. The van der Waals surface area contributed by atoms with Crippen molar-refractivity contribution in [2.75, 3.05) is 6.54 Å². The van der Waals surface area contributed by atoms with Crippen molar-refractivity contribution in [1.29, 1.82) is 0 Å². The van der Waals surface area contributed by atoms with Gasteiger partial charge in [0.15, 0.2) is 0 Å². The summed E-state index contributed by atoms with van der Waals surface area (Å²) >= 11 is 0. The van der Waals surface area contributed by atoms with Gasteiger partial charge in [0.05, 0.1) is 0 Å². The van der Waals surface area contributed by atoms with Gasteiger partial charge in [-0.2, -0.15) is 0 Å². The molecule has 3 nitrogen and oxygen atoms in total. The van der Waals surface area contributed by atoms with Crippen LogP contribution in [-0.4, -0.2) is 29.2 Å². The summed E-state index contributed by atoms with van der Waals surface area (Å²) in [5.74, 6) is 1.47. The van der Waals surface area contributed by atoms with Crippen LogP contribution in [0.4, 0.5) is 0 Å². The van der Waals surface area contributed by atoms with Crippen LogP contribution < -0.4 is 0 Å². The highest BCUT2D eigenvalue weighted by molar-refractivity contribution is 5.78. The number of ketones is 1. The van der Waals surface area contributed by atoms with Crippen molar-refractivity contribution in [2.24, 2.45) is 5.92 Å². The zero-order chi connectivity index (χ0) is 22.0. The third kappa shape index (κ3) is 14.4. The average Bonchev–Trinajstić information content (AvgIpc) is 3.52. The first-order chi connectivity index (χ1) is 14.5. The number of hydrogen-bond acceptors (Lipinski definition) is 2. The van der Waals surface area contributed by atoms with Crippen molar-refractivity contribution in [3.63, 3.8) is 0 Å². The summed E-state index contributed by atoms with van der Waals surface area (Å²) in [4.78, 5) is 26.0. The molecule has 1 amide bonds. The predicted octanol–water partition coefficient (Wildman–Crippen LogP) is 7.18. The standard InChI is InChI=1S/C27H45NO2/c1-4-5-15-19-27(30)28(24(2)3)22-17-14-12-10-8-6-7-9-11-13-16-18-26(29)23-25-20-21-25/h6,8-9,11-12,14,24-25H,4-5,7,10,13,15-23H2,1-3H3/b8-6-,11-9-,14-12-. The van der Waals surface area contributed by atoms with Gasteiger partial charge in [0.25, 0.3) is 0 Å². The largest absolute Gasteiger partial charge is 0.340 e. The van der Waals surface area contributed by atoms with Crippen LogP contribution in [0.5, 0.6) is 0 Å². The van der Waals surface area contributed by atoms with Crippen LogP contribution in [0.2, 0.25) is 0 Å². The van der Waals surface area contributed by atoms with Crippen molar-refractivity contribution < 1.29 is 9.59 Å². The molecule has 0 saturated heterocycles. The van der Waals surface area contributed by atoms with Crippen molar-refractivity contribution >= 4 is 11.7 Å². The summed E-state index contributed by atoms with van der Waals surface area (Å²) in [7, 11) is 0. The van der Waals surface area contributed by atoms with E-state index in [-0.39, 0.29) is 6.04 Å². The van der Waals surface area contributed by atoms with E-state index >= 15 is 0 Å². The predicted molar refractivity (Wildman–Crippen MR) is 128 cm³/mol. The second-order valence-electron chi connectivity index (χ2n) is 8.89. The molecule has 0 radical (unpaired) electrons. The molecule has 0 spiro atoms. The molecule has 1 aliphatic carbocycles. The molecule has 0 aliphatic heterocycles. The minimum absolute atomic E-state index is 0.274. The highest BCUT2D eigenvalue weighted by atomic mass is 16.2. The fourth-order valence-corrected chi connectivity index (χ4v) is 3.50. The van der Waals surface area contributed by atoms with E-state index in [4.69, 9.17) is 0 Å². The van der Waals surface area contributed by atoms with Gasteiger partial charge in [-0.15, -0.1) is 0 Å². The molecule has 0 aromatic carbocycles. The summed E-state index contributed by atoms with van der Waals surface area (Å²) < 4.78 is 0. The number of allylic oxidation sites excluding steroid dienone is 5. The molecule has 3 heteroatoms. The monoisotopic (exact) mass is 415 g/mol. The van der Waals surface area contributed by atoms with Crippen LogP contribution in [0.1, 0.15) is 104 Å². The van der Waals surface area contributed by atoms with Crippen LogP contribution in [0.25, 0.3) is 0 Å². The lowest BCUT2D eigenvalue weighted by Crippen LogP contribution is -2.37. The Bertz CT molecular complexity index is 555. The number of amides is 1. The third-order valence-electron chi connectivity index (χ3n) is 5.56. The first-order valence-corrected chi connectivity index (χ1v) is 12.3. The Hall–Kier alpha value is -1.64. The summed E-state index contributed by atoms with van der Waals surface area (Å²) in [5.41, 5.74) is 0. The summed E-state index contributed by atoms with van der Waals surface area (Å²) in [5, 5.41) is 0. The van der Waals surface area contributed by atoms with Crippen LogP contribution in [0, 0.1) is 5.92 Å². The topological polar surface area (TPSA) is 37.4 Å². The van der Waals surface area contributed by atoms with Gasteiger partial charge in [-0.1, -0.05) is 56.2 Å². The Labute approximate surface area is 185 Å². The van der Waals surface area contributed by atoms with E-state index in [1.807, 2.05) is 4.90 Å². The molecule has 1 fully saturated rings. The smallest absolute Gasteiger partial charge is 0.222 e. The third-order valence-corrected chi connectivity index (χ3v) is 5.56. The number of rotatable bonds is 18. The van der Waals surface area contributed by atoms with E-state index < -0.39 is 0 Å². The molecule has 0 bridgehead atoms. The Morgan fingerprint density at radius 2 is 1.50 bits per heavy atom. The van der Waals surface area contributed by atoms with Crippen molar-refractivity contribution in [1.82, 2.24) is 4.90 Å². The molecular formula is C27H45NO2. The van der Waals surface area contributed by atoms with E-state index in [1.165, 1.54) is 12.8 Å². The lowest BCUT2D eigenvalue weighted by Gasteiger charge is -2.26. The number of hydrogen-bond donors (Lipinski definition) is 0. The van der Waals surface area contributed by atoms with Gasteiger partial charge in [0.2, 0.25) is 5.91 Å².